The summed E-state index contributed by atoms with van der Waals surface area (Å²) in [6.45, 7) is 2.10. The van der Waals surface area contributed by atoms with Crippen molar-refractivity contribution in [1.29, 1.82) is 0 Å². The normalized spacial score (nSPS) is 31.8. The lowest BCUT2D eigenvalue weighted by Gasteiger charge is -2.36. The third kappa shape index (κ3) is 3.55. The number of carbonyl (C=O) groups excluding carboxylic acids is 3. The number of carbonyl (C=O) groups is 3. The van der Waals surface area contributed by atoms with Crippen molar-refractivity contribution in [3.05, 3.63) is 0 Å². The van der Waals surface area contributed by atoms with E-state index < -0.39 is 5.54 Å². The van der Waals surface area contributed by atoms with E-state index in [4.69, 9.17) is 0 Å². The van der Waals surface area contributed by atoms with Crippen LogP contribution in [0.2, 0.25) is 0 Å². The van der Waals surface area contributed by atoms with Gasteiger partial charge in [-0.15, -0.1) is 0 Å². The summed E-state index contributed by atoms with van der Waals surface area (Å²) >= 11 is 0. The fraction of sp³-hybridized carbons (Fsp3) is 0.864. The van der Waals surface area contributed by atoms with Crippen LogP contribution in [0, 0.1) is 5.92 Å². The van der Waals surface area contributed by atoms with Gasteiger partial charge in [0.05, 0.1) is 0 Å². The summed E-state index contributed by atoms with van der Waals surface area (Å²) in [7, 11) is 0. The number of rotatable bonds is 5. The van der Waals surface area contributed by atoms with Gasteiger partial charge in [0.15, 0.2) is 0 Å². The molecule has 156 valence electrons. The van der Waals surface area contributed by atoms with Gasteiger partial charge in [-0.25, -0.2) is 4.79 Å². The fourth-order valence-electron chi connectivity index (χ4n) is 6.02. The number of urea groups is 1. The van der Waals surface area contributed by atoms with Crippen molar-refractivity contribution in [3.8, 4) is 0 Å². The van der Waals surface area contributed by atoms with Crippen molar-refractivity contribution in [2.45, 2.75) is 108 Å². The summed E-state index contributed by atoms with van der Waals surface area (Å²) in [6.07, 6.45) is 13.4. The van der Waals surface area contributed by atoms with Crippen molar-refractivity contribution in [3.63, 3.8) is 0 Å². The number of imide groups is 1. The first kappa shape index (κ1) is 19.7. The second-order valence-corrected chi connectivity index (χ2v) is 9.43. The highest BCUT2D eigenvalue weighted by molar-refractivity contribution is 6.09. The minimum atomic E-state index is -0.755. The van der Waals surface area contributed by atoms with Gasteiger partial charge in [0, 0.05) is 12.1 Å². The van der Waals surface area contributed by atoms with Crippen LogP contribution in [-0.4, -0.2) is 51.8 Å². The Hall–Kier alpha value is -1.59. The van der Waals surface area contributed by atoms with Crippen LogP contribution in [-0.2, 0) is 9.59 Å². The molecule has 4 fully saturated rings. The van der Waals surface area contributed by atoms with Gasteiger partial charge in [0.1, 0.15) is 12.1 Å². The van der Waals surface area contributed by atoms with E-state index in [0.717, 1.165) is 44.9 Å². The maximum atomic E-state index is 13.3. The van der Waals surface area contributed by atoms with Crippen molar-refractivity contribution in [1.82, 2.24) is 15.1 Å². The molecule has 0 atom stereocenters. The molecule has 1 spiro atoms. The van der Waals surface area contributed by atoms with Crippen molar-refractivity contribution >= 4 is 17.8 Å². The predicted octanol–water partition coefficient (Wildman–Crippen LogP) is 3.59. The number of nitrogens with zero attached hydrogens (tertiary/aromatic N) is 2. The summed E-state index contributed by atoms with van der Waals surface area (Å²) in [5.74, 6) is 0.450. The molecule has 1 aliphatic heterocycles. The van der Waals surface area contributed by atoms with Gasteiger partial charge in [-0.1, -0.05) is 39.0 Å². The van der Waals surface area contributed by atoms with Gasteiger partial charge < -0.3 is 10.2 Å². The minimum Gasteiger partial charge on any atom is -0.335 e. The summed E-state index contributed by atoms with van der Waals surface area (Å²) in [5, 5.41) is 2.96. The molecule has 4 aliphatic rings. The van der Waals surface area contributed by atoms with Crippen LogP contribution >= 0.6 is 0 Å². The van der Waals surface area contributed by atoms with E-state index in [-0.39, 0.29) is 24.4 Å². The standard InChI is InChI=1S/C22H35N3O3/c1-2-16-11-13-22(14-12-16)20(27)24(21(28)23-22)15-19(26)25(17-7-3-4-8-17)18-9-5-6-10-18/h16-18H,2-15H2,1H3,(H,23,28). The van der Waals surface area contributed by atoms with Crippen LogP contribution in [0.15, 0.2) is 0 Å². The molecule has 0 bridgehead atoms. The van der Waals surface area contributed by atoms with Gasteiger partial charge in [-0.05, 0) is 57.3 Å². The Morgan fingerprint density at radius 3 is 2.04 bits per heavy atom. The van der Waals surface area contributed by atoms with E-state index in [1.807, 2.05) is 0 Å². The molecule has 0 unspecified atom stereocenters. The molecule has 4 rings (SSSR count). The monoisotopic (exact) mass is 389 g/mol. The summed E-state index contributed by atoms with van der Waals surface area (Å²) in [4.78, 5) is 42.4. The van der Waals surface area contributed by atoms with Crippen LogP contribution in [0.25, 0.3) is 0 Å². The molecule has 0 aromatic carbocycles. The lowest BCUT2D eigenvalue weighted by atomic mass is 9.75. The van der Waals surface area contributed by atoms with E-state index in [0.29, 0.717) is 30.8 Å². The van der Waals surface area contributed by atoms with Gasteiger partial charge in [-0.3, -0.25) is 14.5 Å². The first-order valence-corrected chi connectivity index (χ1v) is 11.5. The van der Waals surface area contributed by atoms with E-state index in [1.54, 1.807) is 0 Å². The summed E-state index contributed by atoms with van der Waals surface area (Å²) < 4.78 is 0. The first-order chi connectivity index (χ1) is 13.5. The van der Waals surface area contributed by atoms with Crippen molar-refractivity contribution in [2.75, 3.05) is 6.54 Å². The molecule has 1 saturated heterocycles. The molecular weight excluding hydrogens is 354 g/mol. The highest BCUT2D eigenvalue weighted by Crippen LogP contribution is 2.38. The van der Waals surface area contributed by atoms with Gasteiger partial charge in [0.25, 0.3) is 5.91 Å². The highest BCUT2D eigenvalue weighted by Gasteiger charge is 2.53. The average molecular weight is 390 g/mol. The Morgan fingerprint density at radius 1 is 1.00 bits per heavy atom. The third-order valence-electron chi connectivity index (χ3n) is 7.80. The molecule has 0 radical (unpaired) electrons. The van der Waals surface area contributed by atoms with Crippen LogP contribution in [0.3, 0.4) is 0 Å². The van der Waals surface area contributed by atoms with Gasteiger partial charge >= 0.3 is 6.03 Å². The van der Waals surface area contributed by atoms with Crippen LogP contribution < -0.4 is 5.32 Å². The summed E-state index contributed by atoms with van der Waals surface area (Å²) in [6, 6.07) is 0.224. The molecular formula is C22H35N3O3. The number of hydrogen-bond donors (Lipinski definition) is 1. The fourth-order valence-corrected chi connectivity index (χ4v) is 6.02. The third-order valence-corrected chi connectivity index (χ3v) is 7.80. The van der Waals surface area contributed by atoms with E-state index in [1.165, 1.54) is 30.6 Å². The van der Waals surface area contributed by atoms with Crippen molar-refractivity contribution in [2.24, 2.45) is 5.92 Å². The van der Waals surface area contributed by atoms with Crippen molar-refractivity contribution < 1.29 is 14.4 Å². The molecule has 6 nitrogen and oxygen atoms in total. The topological polar surface area (TPSA) is 69.7 Å². The number of hydrogen-bond acceptors (Lipinski definition) is 3. The maximum Gasteiger partial charge on any atom is 0.325 e. The quantitative estimate of drug-likeness (QED) is 0.731. The molecule has 6 heteroatoms. The van der Waals surface area contributed by atoms with E-state index >= 15 is 0 Å². The Morgan fingerprint density at radius 2 is 1.54 bits per heavy atom. The van der Waals surface area contributed by atoms with Crippen LogP contribution in [0.5, 0.6) is 0 Å². The molecule has 0 aromatic rings. The molecule has 3 saturated carbocycles. The predicted molar refractivity (Wildman–Crippen MR) is 107 cm³/mol. The Kier molecular flexibility index (Phi) is 5.66. The molecule has 28 heavy (non-hydrogen) atoms. The second-order valence-electron chi connectivity index (χ2n) is 9.43. The molecule has 3 aliphatic carbocycles. The minimum absolute atomic E-state index is 0.0263. The van der Waals surface area contributed by atoms with Gasteiger partial charge in [-0.2, -0.15) is 0 Å². The maximum absolute atomic E-state index is 13.3. The second kappa shape index (κ2) is 8.03. The largest absolute Gasteiger partial charge is 0.335 e. The van der Waals surface area contributed by atoms with E-state index in [2.05, 4.69) is 17.1 Å². The first-order valence-electron chi connectivity index (χ1n) is 11.5. The Balaban J connectivity index is 1.45. The Labute approximate surface area is 168 Å². The lowest BCUT2D eigenvalue weighted by Crippen LogP contribution is -2.52. The molecule has 0 aromatic heterocycles. The van der Waals surface area contributed by atoms with Crippen LogP contribution in [0.1, 0.15) is 90.4 Å². The van der Waals surface area contributed by atoms with E-state index in [9.17, 15) is 14.4 Å². The van der Waals surface area contributed by atoms with Gasteiger partial charge in [0.2, 0.25) is 5.91 Å². The molecule has 1 heterocycles. The molecule has 4 amide bonds. The SMILES string of the molecule is CCC1CCC2(CC1)NC(=O)N(CC(=O)N(C1CCCC1)C1CCCC1)C2=O. The number of nitrogens with one attached hydrogen (secondary N) is 1. The molecule has 1 N–H and O–H groups in total. The summed E-state index contributed by atoms with van der Waals surface area (Å²) in [5.41, 5.74) is -0.755. The average Bonchev–Trinajstić information content (AvgIpc) is 3.44. The zero-order chi connectivity index (χ0) is 19.7. The zero-order valence-corrected chi connectivity index (χ0v) is 17.3. The zero-order valence-electron chi connectivity index (χ0n) is 17.3. The Bertz CT molecular complexity index is 599. The lowest BCUT2D eigenvalue weighted by molar-refractivity contribution is -0.142. The smallest absolute Gasteiger partial charge is 0.325 e. The number of amides is 4. The van der Waals surface area contributed by atoms with Crippen LogP contribution in [0.4, 0.5) is 4.79 Å². The highest BCUT2D eigenvalue weighted by atomic mass is 16.2.